The van der Waals surface area contributed by atoms with Crippen LogP contribution in [-0.2, 0) is 4.79 Å². The van der Waals surface area contributed by atoms with Gasteiger partial charge in [0.15, 0.2) is 0 Å². The number of rotatable bonds is 3. The van der Waals surface area contributed by atoms with Gasteiger partial charge in [-0.3, -0.25) is 4.79 Å². The molecule has 1 saturated carbocycles. The van der Waals surface area contributed by atoms with Gasteiger partial charge in [0.25, 0.3) is 0 Å². The number of benzene rings is 1. The van der Waals surface area contributed by atoms with E-state index in [0.717, 1.165) is 42.8 Å². The summed E-state index contributed by atoms with van der Waals surface area (Å²) in [7, 11) is 0. The van der Waals surface area contributed by atoms with Crippen LogP contribution in [0.5, 0.6) is 0 Å². The SMILES string of the molecule is CC1(N)CCCCC1C(=O)Nc1cccc(-c2ncc[nH]2)c1. The molecule has 1 aromatic heterocycles. The highest BCUT2D eigenvalue weighted by Gasteiger charge is 2.37. The lowest BCUT2D eigenvalue weighted by molar-refractivity contribution is -0.122. The number of hydrogen-bond donors (Lipinski definition) is 3. The van der Waals surface area contributed by atoms with Crippen molar-refractivity contribution in [1.29, 1.82) is 0 Å². The summed E-state index contributed by atoms with van der Waals surface area (Å²) in [5.41, 5.74) is 7.62. The van der Waals surface area contributed by atoms with Crippen LogP contribution >= 0.6 is 0 Å². The summed E-state index contributed by atoms with van der Waals surface area (Å²) in [5, 5.41) is 3.01. The van der Waals surface area contributed by atoms with Crippen LogP contribution < -0.4 is 11.1 Å². The van der Waals surface area contributed by atoms with Crippen molar-refractivity contribution in [2.75, 3.05) is 5.32 Å². The monoisotopic (exact) mass is 298 g/mol. The van der Waals surface area contributed by atoms with Crippen molar-refractivity contribution in [3.8, 4) is 11.4 Å². The minimum absolute atomic E-state index is 0.0151. The normalized spacial score (nSPS) is 24.9. The van der Waals surface area contributed by atoms with Gasteiger partial charge in [0.1, 0.15) is 5.82 Å². The standard InChI is InChI=1S/C17H22N4O/c1-17(18)8-3-2-7-14(17)16(22)21-13-6-4-5-12(11-13)15-19-9-10-20-15/h4-6,9-11,14H,2-3,7-8,18H2,1H3,(H,19,20)(H,21,22). The number of nitrogens with zero attached hydrogens (tertiary/aromatic N) is 1. The first-order valence-corrected chi connectivity index (χ1v) is 7.76. The quantitative estimate of drug-likeness (QED) is 0.814. The Bertz CT molecular complexity index is 648. The van der Waals surface area contributed by atoms with Crippen LogP contribution in [0.2, 0.25) is 0 Å². The number of H-pyrrole nitrogens is 1. The molecule has 2 unspecified atom stereocenters. The second-order valence-electron chi connectivity index (χ2n) is 6.31. The Hall–Kier alpha value is -2.14. The molecule has 5 heteroatoms. The van der Waals surface area contributed by atoms with Gasteiger partial charge in [-0.15, -0.1) is 0 Å². The molecule has 0 spiro atoms. The predicted octanol–water partition coefficient (Wildman–Crippen LogP) is 2.92. The molecule has 5 nitrogen and oxygen atoms in total. The fraction of sp³-hybridized carbons (Fsp3) is 0.412. The van der Waals surface area contributed by atoms with Crippen molar-refractivity contribution in [1.82, 2.24) is 9.97 Å². The molecule has 3 rings (SSSR count). The van der Waals surface area contributed by atoms with E-state index in [1.165, 1.54) is 0 Å². The van der Waals surface area contributed by atoms with Crippen molar-refractivity contribution in [2.24, 2.45) is 11.7 Å². The summed E-state index contributed by atoms with van der Waals surface area (Å²) in [4.78, 5) is 19.9. The molecular weight excluding hydrogens is 276 g/mol. The Morgan fingerprint density at radius 2 is 2.32 bits per heavy atom. The molecule has 1 heterocycles. The summed E-state index contributed by atoms with van der Waals surface area (Å²) < 4.78 is 0. The fourth-order valence-electron chi connectivity index (χ4n) is 3.19. The van der Waals surface area contributed by atoms with Crippen molar-refractivity contribution >= 4 is 11.6 Å². The number of nitrogens with two attached hydrogens (primary N) is 1. The first kappa shape index (κ1) is 14.8. The third kappa shape index (κ3) is 3.04. The molecule has 2 atom stereocenters. The third-order valence-electron chi connectivity index (χ3n) is 4.47. The molecule has 1 aliphatic rings. The van der Waals surface area contributed by atoms with Crippen molar-refractivity contribution in [3.05, 3.63) is 36.7 Å². The highest BCUT2D eigenvalue weighted by atomic mass is 16.1. The van der Waals surface area contributed by atoms with Crippen molar-refractivity contribution in [3.63, 3.8) is 0 Å². The number of anilines is 1. The van der Waals surface area contributed by atoms with Crippen LogP contribution in [-0.4, -0.2) is 21.4 Å². The van der Waals surface area contributed by atoms with E-state index in [1.807, 2.05) is 31.2 Å². The topological polar surface area (TPSA) is 83.8 Å². The lowest BCUT2D eigenvalue weighted by atomic mass is 9.74. The number of amides is 1. The first-order chi connectivity index (χ1) is 10.6. The van der Waals surface area contributed by atoms with E-state index < -0.39 is 5.54 Å². The Labute approximate surface area is 130 Å². The van der Waals surface area contributed by atoms with Gasteiger partial charge in [0.2, 0.25) is 5.91 Å². The molecule has 1 fully saturated rings. The third-order valence-corrected chi connectivity index (χ3v) is 4.47. The number of carbonyl (C=O) groups excluding carboxylic acids is 1. The van der Waals surface area contributed by atoms with E-state index in [-0.39, 0.29) is 11.8 Å². The van der Waals surface area contributed by atoms with Crippen LogP contribution in [0, 0.1) is 5.92 Å². The molecular formula is C17H22N4O. The molecule has 22 heavy (non-hydrogen) atoms. The second-order valence-corrected chi connectivity index (χ2v) is 6.31. The zero-order chi connectivity index (χ0) is 15.6. The maximum Gasteiger partial charge on any atom is 0.229 e. The zero-order valence-corrected chi connectivity index (χ0v) is 12.8. The Morgan fingerprint density at radius 3 is 3.05 bits per heavy atom. The van der Waals surface area contributed by atoms with E-state index in [4.69, 9.17) is 5.73 Å². The highest BCUT2D eigenvalue weighted by Crippen LogP contribution is 2.32. The highest BCUT2D eigenvalue weighted by molar-refractivity contribution is 5.94. The van der Waals surface area contributed by atoms with Gasteiger partial charge in [-0.2, -0.15) is 0 Å². The number of aromatic nitrogens is 2. The van der Waals surface area contributed by atoms with Crippen LogP contribution in [0.1, 0.15) is 32.6 Å². The average molecular weight is 298 g/mol. The number of imidazole rings is 1. The molecule has 4 N–H and O–H groups in total. The van der Waals surface area contributed by atoms with Crippen LogP contribution in [0.4, 0.5) is 5.69 Å². The molecule has 1 aromatic carbocycles. The van der Waals surface area contributed by atoms with Gasteiger partial charge in [0.05, 0.1) is 5.92 Å². The first-order valence-electron chi connectivity index (χ1n) is 7.76. The van der Waals surface area contributed by atoms with Gasteiger partial charge < -0.3 is 16.0 Å². The van der Waals surface area contributed by atoms with Crippen LogP contribution in [0.25, 0.3) is 11.4 Å². The molecule has 116 valence electrons. The number of nitrogens with one attached hydrogen (secondary N) is 2. The molecule has 0 aliphatic heterocycles. The second kappa shape index (κ2) is 5.93. The minimum Gasteiger partial charge on any atom is -0.345 e. The molecule has 0 saturated heterocycles. The zero-order valence-electron chi connectivity index (χ0n) is 12.8. The Balaban J connectivity index is 1.75. The molecule has 2 aromatic rings. The van der Waals surface area contributed by atoms with Crippen LogP contribution in [0.15, 0.2) is 36.7 Å². The van der Waals surface area contributed by atoms with Crippen LogP contribution in [0.3, 0.4) is 0 Å². The molecule has 1 aliphatic carbocycles. The fourth-order valence-corrected chi connectivity index (χ4v) is 3.19. The largest absolute Gasteiger partial charge is 0.345 e. The van der Waals surface area contributed by atoms with E-state index in [9.17, 15) is 4.79 Å². The summed E-state index contributed by atoms with van der Waals surface area (Å²) in [6.45, 7) is 1.98. The van der Waals surface area contributed by atoms with E-state index in [0.29, 0.717) is 0 Å². The minimum atomic E-state index is -0.416. The lowest BCUT2D eigenvalue weighted by Gasteiger charge is -2.37. The van der Waals surface area contributed by atoms with Gasteiger partial charge in [0, 0.05) is 29.2 Å². The number of carbonyl (C=O) groups is 1. The summed E-state index contributed by atoms with van der Waals surface area (Å²) in [5.74, 6) is 0.673. The number of aromatic amines is 1. The van der Waals surface area contributed by atoms with Gasteiger partial charge in [-0.05, 0) is 31.9 Å². The van der Waals surface area contributed by atoms with Gasteiger partial charge in [-0.1, -0.05) is 25.0 Å². The van der Waals surface area contributed by atoms with Gasteiger partial charge in [-0.25, -0.2) is 4.98 Å². The lowest BCUT2D eigenvalue weighted by Crippen LogP contribution is -2.51. The molecule has 1 amide bonds. The Kier molecular flexibility index (Phi) is 3.98. The Morgan fingerprint density at radius 1 is 1.45 bits per heavy atom. The van der Waals surface area contributed by atoms with Crippen molar-refractivity contribution in [2.45, 2.75) is 38.1 Å². The predicted molar refractivity (Wildman–Crippen MR) is 87.2 cm³/mol. The van der Waals surface area contributed by atoms with E-state index >= 15 is 0 Å². The maximum atomic E-state index is 12.6. The summed E-state index contributed by atoms with van der Waals surface area (Å²) in [6.07, 6.45) is 7.42. The van der Waals surface area contributed by atoms with Gasteiger partial charge >= 0.3 is 0 Å². The smallest absolute Gasteiger partial charge is 0.229 e. The molecule has 0 bridgehead atoms. The maximum absolute atomic E-state index is 12.6. The summed E-state index contributed by atoms with van der Waals surface area (Å²) in [6, 6.07) is 7.69. The average Bonchev–Trinajstić information content (AvgIpc) is 3.01. The van der Waals surface area contributed by atoms with Crippen molar-refractivity contribution < 1.29 is 4.79 Å². The molecule has 0 radical (unpaired) electrons. The summed E-state index contributed by atoms with van der Waals surface area (Å²) >= 11 is 0. The number of hydrogen-bond acceptors (Lipinski definition) is 3. The van der Waals surface area contributed by atoms with E-state index in [1.54, 1.807) is 12.4 Å². The van der Waals surface area contributed by atoms with E-state index in [2.05, 4.69) is 15.3 Å².